The number of carbonyl (C=O) groups is 1. The van der Waals surface area contributed by atoms with E-state index in [1.54, 1.807) is 24.0 Å². The van der Waals surface area contributed by atoms with Crippen LogP contribution in [0.3, 0.4) is 0 Å². The standard InChI is InChI=1S/C14H20N6O/c1-5-6-11-17-12(15-3)9(2)13(18-11)20-8-7-10(19-20)14(21)16-4/h7-8H,5-6H2,1-4H3,(H,16,21)(H,15,17,18). The molecule has 2 rings (SSSR count). The molecule has 0 aliphatic carbocycles. The van der Waals surface area contributed by atoms with Gasteiger partial charge in [0.2, 0.25) is 0 Å². The number of nitrogens with zero attached hydrogens (tertiary/aromatic N) is 4. The lowest BCUT2D eigenvalue weighted by Crippen LogP contribution is -2.19. The fraction of sp³-hybridized carbons (Fsp3) is 0.429. The van der Waals surface area contributed by atoms with Crippen molar-refractivity contribution >= 4 is 11.7 Å². The van der Waals surface area contributed by atoms with Crippen LogP contribution in [0.4, 0.5) is 5.82 Å². The molecule has 0 aromatic carbocycles. The van der Waals surface area contributed by atoms with Crippen LogP contribution in [-0.4, -0.2) is 39.8 Å². The molecular weight excluding hydrogens is 268 g/mol. The van der Waals surface area contributed by atoms with E-state index in [-0.39, 0.29) is 5.91 Å². The molecule has 7 nitrogen and oxygen atoms in total. The maximum Gasteiger partial charge on any atom is 0.271 e. The van der Waals surface area contributed by atoms with Gasteiger partial charge in [-0.1, -0.05) is 6.92 Å². The summed E-state index contributed by atoms with van der Waals surface area (Å²) < 4.78 is 1.61. The topological polar surface area (TPSA) is 84.7 Å². The van der Waals surface area contributed by atoms with Gasteiger partial charge in [0.15, 0.2) is 11.5 Å². The fourth-order valence-electron chi connectivity index (χ4n) is 2.04. The molecule has 2 aromatic rings. The molecule has 0 aliphatic rings. The molecule has 0 saturated heterocycles. The molecule has 0 radical (unpaired) electrons. The number of hydrogen-bond donors (Lipinski definition) is 2. The van der Waals surface area contributed by atoms with Gasteiger partial charge >= 0.3 is 0 Å². The van der Waals surface area contributed by atoms with Crippen molar-refractivity contribution in [2.24, 2.45) is 0 Å². The highest BCUT2D eigenvalue weighted by molar-refractivity contribution is 5.91. The molecular formula is C14H20N6O. The van der Waals surface area contributed by atoms with Gasteiger partial charge in [0.05, 0.1) is 0 Å². The molecule has 2 aromatic heterocycles. The minimum atomic E-state index is -0.219. The van der Waals surface area contributed by atoms with E-state index in [9.17, 15) is 4.79 Å². The largest absolute Gasteiger partial charge is 0.373 e. The molecule has 0 atom stereocenters. The van der Waals surface area contributed by atoms with Crippen LogP contribution in [0.2, 0.25) is 0 Å². The van der Waals surface area contributed by atoms with Gasteiger partial charge in [0, 0.05) is 32.3 Å². The predicted octanol–water partition coefficient (Wildman–Crippen LogP) is 1.32. The number of carbonyl (C=O) groups excluding carboxylic acids is 1. The van der Waals surface area contributed by atoms with Crippen LogP contribution in [0.1, 0.15) is 35.2 Å². The van der Waals surface area contributed by atoms with Gasteiger partial charge in [-0.3, -0.25) is 4.79 Å². The van der Waals surface area contributed by atoms with Crippen LogP contribution in [0, 0.1) is 6.92 Å². The zero-order valence-electron chi connectivity index (χ0n) is 12.8. The summed E-state index contributed by atoms with van der Waals surface area (Å²) in [6, 6.07) is 1.67. The summed E-state index contributed by atoms with van der Waals surface area (Å²) in [4.78, 5) is 20.6. The van der Waals surface area contributed by atoms with Gasteiger partial charge in [0.1, 0.15) is 11.6 Å². The van der Waals surface area contributed by atoms with E-state index in [1.165, 1.54) is 0 Å². The highest BCUT2D eigenvalue weighted by Crippen LogP contribution is 2.19. The van der Waals surface area contributed by atoms with Crippen molar-refractivity contribution in [3.05, 3.63) is 29.3 Å². The molecule has 0 fully saturated rings. The minimum Gasteiger partial charge on any atom is -0.373 e. The molecule has 2 heterocycles. The Kier molecular flexibility index (Phi) is 4.52. The summed E-state index contributed by atoms with van der Waals surface area (Å²) in [6.07, 6.45) is 3.49. The van der Waals surface area contributed by atoms with E-state index in [4.69, 9.17) is 0 Å². The second-order valence-electron chi connectivity index (χ2n) is 4.66. The Hall–Kier alpha value is -2.44. The van der Waals surface area contributed by atoms with Gasteiger partial charge in [-0.05, 0) is 19.4 Å². The number of hydrogen-bond acceptors (Lipinski definition) is 5. The monoisotopic (exact) mass is 288 g/mol. The summed E-state index contributed by atoms with van der Waals surface area (Å²) in [5, 5.41) is 9.90. The highest BCUT2D eigenvalue weighted by Gasteiger charge is 2.14. The average molecular weight is 288 g/mol. The normalized spacial score (nSPS) is 10.5. The quantitative estimate of drug-likeness (QED) is 0.867. The van der Waals surface area contributed by atoms with Crippen molar-refractivity contribution in [2.75, 3.05) is 19.4 Å². The highest BCUT2D eigenvalue weighted by atomic mass is 16.1. The van der Waals surface area contributed by atoms with E-state index in [0.29, 0.717) is 11.5 Å². The third-order valence-corrected chi connectivity index (χ3v) is 3.14. The minimum absolute atomic E-state index is 0.219. The molecule has 0 spiro atoms. The molecule has 0 unspecified atom stereocenters. The Balaban J connectivity index is 2.49. The van der Waals surface area contributed by atoms with Crippen molar-refractivity contribution in [3.63, 3.8) is 0 Å². The zero-order valence-corrected chi connectivity index (χ0v) is 12.8. The van der Waals surface area contributed by atoms with Crippen LogP contribution in [0.25, 0.3) is 5.82 Å². The van der Waals surface area contributed by atoms with E-state index in [1.807, 2.05) is 14.0 Å². The van der Waals surface area contributed by atoms with Gasteiger partial charge in [0.25, 0.3) is 5.91 Å². The summed E-state index contributed by atoms with van der Waals surface area (Å²) in [7, 11) is 3.41. The number of aromatic nitrogens is 4. The van der Waals surface area contributed by atoms with Crippen molar-refractivity contribution in [1.29, 1.82) is 0 Å². The second-order valence-corrected chi connectivity index (χ2v) is 4.66. The Labute approximate surface area is 123 Å². The third-order valence-electron chi connectivity index (χ3n) is 3.14. The first-order valence-corrected chi connectivity index (χ1v) is 6.94. The van der Waals surface area contributed by atoms with E-state index in [0.717, 1.165) is 30.0 Å². The molecule has 0 aliphatic heterocycles. The fourth-order valence-corrected chi connectivity index (χ4v) is 2.04. The first-order chi connectivity index (χ1) is 10.1. The van der Waals surface area contributed by atoms with Crippen molar-refractivity contribution in [2.45, 2.75) is 26.7 Å². The predicted molar refractivity (Wildman–Crippen MR) is 80.8 cm³/mol. The lowest BCUT2D eigenvalue weighted by Gasteiger charge is -2.11. The molecule has 2 N–H and O–H groups in total. The molecule has 21 heavy (non-hydrogen) atoms. The number of nitrogens with one attached hydrogen (secondary N) is 2. The summed E-state index contributed by atoms with van der Waals surface area (Å²) in [5.41, 5.74) is 1.25. The molecule has 0 saturated carbocycles. The third kappa shape index (κ3) is 3.01. The van der Waals surface area contributed by atoms with Gasteiger partial charge in [-0.2, -0.15) is 5.10 Å². The average Bonchev–Trinajstić information content (AvgIpc) is 2.98. The smallest absolute Gasteiger partial charge is 0.271 e. The van der Waals surface area contributed by atoms with Gasteiger partial charge < -0.3 is 10.6 Å². The first kappa shape index (κ1) is 15.0. The van der Waals surface area contributed by atoms with Gasteiger partial charge in [-0.15, -0.1) is 0 Å². The maximum absolute atomic E-state index is 11.6. The SMILES string of the molecule is CCCc1nc(NC)c(C)c(-n2ccc(C(=O)NC)n2)n1. The molecule has 1 amide bonds. The van der Waals surface area contributed by atoms with Crippen molar-refractivity contribution in [3.8, 4) is 5.82 Å². The summed E-state index contributed by atoms with van der Waals surface area (Å²) in [6.45, 7) is 4.01. The Morgan fingerprint density at radius 1 is 1.33 bits per heavy atom. The lowest BCUT2D eigenvalue weighted by molar-refractivity contribution is 0.0957. The number of amides is 1. The Morgan fingerprint density at radius 3 is 2.71 bits per heavy atom. The number of anilines is 1. The van der Waals surface area contributed by atoms with Crippen LogP contribution in [-0.2, 0) is 6.42 Å². The Morgan fingerprint density at radius 2 is 2.10 bits per heavy atom. The molecule has 112 valence electrons. The molecule has 7 heteroatoms. The lowest BCUT2D eigenvalue weighted by atomic mass is 10.2. The van der Waals surface area contributed by atoms with E-state index >= 15 is 0 Å². The number of aryl methyl sites for hydroxylation is 1. The number of rotatable bonds is 5. The zero-order chi connectivity index (χ0) is 15.4. The van der Waals surface area contributed by atoms with Crippen molar-refractivity contribution in [1.82, 2.24) is 25.1 Å². The van der Waals surface area contributed by atoms with Crippen LogP contribution >= 0.6 is 0 Å². The van der Waals surface area contributed by atoms with E-state index < -0.39 is 0 Å². The first-order valence-electron chi connectivity index (χ1n) is 6.94. The van der Waals surface area contributed by atoms with Crippen LogP contribution in [0.15, 0.2) is 12.3 Å². The molecule has 0 bridgehead atoms. The van der Waals surface area contributed by atoms with Crippen molar-refractivity contribution < 1.29 is 4.79 Å². The second kappa shape index (κ2) is 6.34. The Bertz CT molecular complexity index is 649. The summed E-state index contributed by atoms with van der Waals surface area (Å²) >= 11 is 0. The van der Waals surface area contributed by atoms with Crippen LogP contribution < -0.4 is 10.6 Å². The maximum atomic E-state index is 11.6. The van der Waals surface area contributed by atoms with Crippen LogP contribution in [0.5, 0.6) is 0 Å². The van der Waals surface area contributed by atoms with Gasteiger partial charge in [-0.25, -0.2) is 14.6 Å². The summed E-state index contributed by atoms with van der Waals surface area (Å²) in [5.74, 6) is 2.01. The van der Waals surface area contributed by atoms with E-state index in [2.05, 4.69) is 32.6 Å².